The van der Waals surface area contributed by atoms with Crippen molar-refractivity contribution in [2.45, 2.75) is 13.3 Å². The van der Waals surface area contributed by atoms with Crippen molar-refractivity contribution in [1.29, 1.82) is 0 Å². The van der Waals surface area contributed by atoms with E-state index in [1.807, 2.05) is 13.0 Å². The van der Waals surface area contributed by atoms with Crippen molar-refractivity contribution in [3.8, 4) is 11.5 Å². The van der Waals surface area contributed by atoms with Crippen LogP contribution in [-0.2, 0) is 11.2 Å². The maximum Gasteiger partial charge on any atom is 1.00 e. The molecule has 0 aliphatic heterocycles. The molecule has 0 radical (unpaired) electrons. The van der Waals surface area contributed by atoms with Gasteiger partial charge in [-0.05, 0) is 76.4 Å². The van der Waals surface area contributed by atoms with Crippen LogP contribution in [-0.4, -0.2) is 36.3 Å². The number of aliphatic carboxylic acids is 1. The normalized spacial score (nSPS) is 11.4. The van der Waals surface area contributed by atoms with Crippen LogP contribution in [0.2, 0.25) is 0 Å². The van der Waals surface area contributed by atoms with E-state index in [2.05, 4.69) is 10.3 Å². The zero-order valence-electron chi connectivity index (χ0n) is 19.8. The maximum absolute atomic E-state index is 13.6. The molecule has 35 heavy (non-hydrogen) atoms. The van der Waals surface area contributed by atoms with Crippen molar-refractivity contribution in [2.75, 3.05) is 14.2 Å². The standard InChI is InChI=1S/C26H22N2O6.Na/c1-15-12-16(4-11-23(15)33-3)13-20(25(29)17-5-8-19(32-2)9-6-17)24(26(30)31)18-7-10-21-22(14-18)28-34-27-21;/h4-12,14H,13H2,1-3H3,(H,30,31);/q;+1/p-1. The molecule has 1 aromatic heterocycles. The van der Waals surface area contributed by atoms with Gasteiger partial charge in [0.15, 0.2) is 5.78 Å². The van der Waals surface area contributed by atoms with Crippen molar-refractivity contribution in [1.82, 2.24) is 10.3 Å². The summed E-state index contributed by atoms with van der Waals surface area (Å²) < 4.78 is 15.2. The number of aromatic nitrogens is 2. The summed E-state index contributed by atoms with van der Waals surface area (Å²) in [6, 6.07) is 16.6. The largest absolute Gasteiger partial charge is 1.00 e. The van der Waals surface area contributed by atoms with E-state index in [9.17, 15) is 14.7 Å². The van der Waals surface area contributed by atoms with Gasteiger partial charge in [0.2, 0.25) is 0 Å². The molecule has 9 heteroatoms. The number of ether oxygens (including phenoxy) is 2. The number of hydrogen-bond donors (Lipinski definition) is 0. The molecular weight excluding hydrogens is 459 g/mol. The molecule has 4 aromatic rings. The second kappa shape index (κ2) is 11.3. The quantitative estimate of drug-likeness (QED) is 0.199. The average molecular weight is 480 g/mol. The second-order valence-corrected chi connectivity index (χ2v) is 7.65. The molecule has 0 amide bonds. The Labute approximate surface area is 223 Å². The molecule has 0 N–H and O–H groups in total. The number of aryl methyl sites for hydroxylation is 1. The van der Waals surface area contributed by atoms with E-state index in [-0.39, 0.29) is 52.7 Å². The van der Waals surface area contributed by atoms with Gasteiger partial charge < -0.3 is 19.4 Å². The molecule has 0 saturated carbocycles. The molecule has 172 valence electrons. The number of benzene rings is 3. The van der Waals surface area contributed by atoms with Gasteiger partial charge in [-0.25, -0.2) is 4.63 Å². The van der Waals surface area contributed by atoms with E-state index in [0.717, 1.165) is 11.1 Å². The van der Waals surface area contributed by atoms with Crippen molar-refractivity contribution >= 4 is 28.4 Å². The van der Waals surface area contributed by atoms with E-state index >= 15 is 0 Å². The fraction of sp³-hybridized carbons (Fsp3) is 0.154. The van der Waals surface area contributed by atoms with Gasteiger partial charge in [0, 0.05) is 23.1 Å². The van der Waals surface area contributed by atoms with Crippen LogP contribution in [0.5, 0.6) is 11.5 Å². The third kappa shape index (κ3) is 5.62. The number of methoxy groups -OCH3 is 2. The molecule has 0 bridgehead atoms. The first kappa shape index (κ1) is 26.2. The number of allylic oxidation sites excluding steroid dienone is 1. The topological polar surface area (TPSA) is 115 Å². The Kier molecular flexibility index (Phi) is 8.45. The molecule has 0 spiro atoms. The van der Waals surface area contributed by atoms with Gasteiger partial charge in [-0.3, -0.25) is 4.79 Å². The Morgan fingerprint density at radius 2 is 1.57 bits per heavy atom. The molecule has 4 rings (SSSR count). The molecule has 3 aromatic carbocycles. The summed E-state index contributed by atoms with van der Waals surface area (Å²) in [5.41, 5.74) is 2.89. The predicted molar refractivity (Wildman–Crippen MR) is 122 cm³/mol. The zero-order chi connectivity index (χ0) is 24.2. The van der Waals surface area contributed by atoms with E-state index in [1.54, 1.807) is 55.6 Å². The van der Waals surface area contributed by atoms with Gasteiger partial charge >= 0.3 is 29.6 Å². The minimum absolute atomic E-state index is 0. The third-order valence-electron chi connectivity index (χ3n) is 5.51. The average Bonchev–Trinajstić information content (AvgIpc) is 3.31. The molecule has 8 nitrogen and oxygen atoms in total. The molecule has 0 unspecified atom stereocenters. The molecule has 1 heterocycles. The number of rotatable bonds is 8. The van der Waals surface area contributed by atoms with Crippen molar-refractivity contribution in [3.63, 3.8) is 0 Å². The minimum atomic E-state index is -1.47. The molecule has 0 aliphatic carbocycles. The molecule has 0 atom stereocenters. The summed E-state index contributed by atoms with van der Waals surface area (Å²) in [5.74, 6) is -0.636. The van der Waals surface area contributed by atoms with Crippen LogP contribution < -0.4 is 44.1 Å². The predicted octanol–water partition coefficient (Wildman–Crippen LogP) is 0.182. The van der Waals surface area contributed by atoms with Crippen molar-refractivity contribution in [3.05, 3.63) is 88.5 Å². The molecule has 0 fully saturated rings. The van der Waals surface area contributed by atoms with Gasteiger partial charge in [-0.15, -0.1) is 0 Å². The number of carbonyl (C=O) groups excluding carboxylic acids is 2. The van der Waals surface area contributed by atoms with Gasteiger partial charge in [0.25, 0.3) is 0 Å². The van der Waals surface area contributed by atoms with Crippen LogP contribution in [0.3, 0.4) is 0 Å². The van der Waals surface area contributed by atoms with Gasteiger partial charge in [0.1, 0.15) is 22.5 Å². The Morgan fingerprint density at radius 3 is 2.20 bits per heavy atom. The first-order chi connectivity index (χ1) is 16.4. The zero-order valence-corrected chi connectivity index (χ0v) is 21.8. The maximum atomic E-state index is 13.6. The van der Waals surface area contributed by atoms with Crippen LogP contribution >= 0.6 is 0 Å². The van der Waals surface area contributed by atoms with Crippen LogP contribution in [0.4, 0.5) is 0 Å². The van der Waals surface area contributed by atoms with Gasteiger partial charge in [-0.1, -0.05) is 18.2 Å². The summed E-state index contributed by atoms with van der Waals surface area (Å²) in [5, 5.41) is 19.9. The van der Waals surface area contributed by atoms with Crippen molar-refractivity contribution in [2.24, 2.45) is 0 Å². The Bertz CT molecular complexity index is 1410. The van der Waals surface area contributed by atoms with Gasteiger partial charge in [0.05, 0.1) is 20.2 Å². The Hall–Kier alpha value is -3.46. The summed E-state index contributed by atoms with van der Waals surface area (Å²) in [6.07, 6.45) is 0.0636. The summed E-state index contributed by atoms with van der Waals surface area (Å²) in [7, 11) is 3.10. The Balaban J connectivity index is 0.00000342. The van der Waals surface area contributed by atoms with E-state index in [1.165, 1.54) is 13.2 Å². The number of carboxylic acids is 1. The number of Topliss-reactive ketones (excluding diaryl/α,β-unsaturated/α-hetero) is 1. The van der Waals surface area contributed by atoms with Crippen LogP contribution in [0.25, 0.3) is 16.6 Å². The monoisotopic (exact) mass is 480 g/mol. The fourth-order valence-corrected chi connectivity index (χ4v) is 3.81. The number of hydrogen-bond acceptors (Lipinski definition) is 8. The summed E-state index contributed by atoms with van der Waals surface area (Å²) in [4.78, 5) is 26.0. The number of carbonyl (C=O) groups is 2. The summed E-state index contributed by atoms with van der Waals surface area (Å²) >= 11 is 0. The molecular formula is C26H21N2NaO6. The van der Waals surface area contributed by atoms with Gasteiger partial charge in [-0.2, -0.15) is 0 Å². The number of ketones is 1. The van der Waals surface area contributed by atoms with Crippen LogP contribution in [0, 0.1) is 6.92 Å². The first-order valence-corrected chi connectivity index (χ1v) is 10.4. The minimum Gasteiger partial charge on any atom is -0.545 e. The van der Waals surface area contributed by atoms with Crippen LogP contribution in [0.1, 0.15) is 27.0 Å². The third-order valence-corrected chi connectivity index (χ3v) is 5.51. The fourth-order valence-electron chi connectivity index (χ4n) is 3.81. The van der Waals surface area contributed by atoms with E-state index in [0.29, 0.717) is 28.1 Å². The van der Waals surface area contributed by atoms with E-state index < -0.39 is 11.8 Å². The molecule has 0 saturated heterocycles. The first-order valence-electron chi connectivity index (χ1n) is 10.4. The summed E-state index contributed by atoms with van der Waals surface area (Å²) in [6.45, 7) is 1.88. The number of nitrogens with zero attached hydrogens (tertiary/aromatic N) is 2. The SMILES string of the molecule is COc1ccc(C(=O)C(Cc2ccc(OC)c(C)c2)=C(C(=O)[O-])c2ccc3nonc3c2)cc1.[Na+]. The number of fused-ring (bicyclic) bond motifs is 1. The smallest absolute Gasteiger partial charge is 0.545 e. The molecule has 0 aliphatic rings. The Morgan fingerprint density at radius 1 is 0.886 bits per heavy atom. The van der Waals surface area contributed by atoms with Crippen molar-refractivity contribution < 1.29 is 58.4 Å². The number of carboxylic acid groups (broad SMARTS) is 1. The second-order valence-electron chi connectivity index (χ2n) is 7.65. The van der Waals surface area contributed by atoms with Crippen LogP contribution in [0.15, 0.2) is 70.9 Å². The van der Waals surface area contributed by atoms with E-state index in [4.69, 9.17) is 14.1 Å².